The number of methoxy groups -OCH3 is 1. The second-order valence-corrected chi connectivity index (χ2v) is 4.11. The number of nitrogens with zero attached hydrogens (tertiary/aromatic N) is 2. The van der Waals surface area contributed by atoms with Crippen LogP contribution in [0.25, 0.3) is 0 Å². The molecule has 1 heterocycles. The maximum Gasteiger partial charge on any atom is 0.237 e. The van der Waals surface area contributed by atoms with E-state index < -0.39 is 0 Å². The molecule has 4 nitrogen and oxygen atoms in total. The van der Waals surface area contributed by atoms with E-state index >= 15 is 0 Å². The third-order valence-electron chi connectivity index (χ3n) is 2.11. The fourth-order valence-corrected chi connectivity index (χ4v) is 1.70. The zero-order chi connectivity index (χ0) is 12.1. The molecular formula is C11H15BrN2O2. The molecule has 16 heavy (non-hydrogen) atoms. The third-order valence-corrected chi connectivity index (χ3v) is 2.59. The average Bonchev–Trinajstić information content (AvgIpc) is 2.29. The van der Waals surface area contributed by atoms with Gasteiger partial charge in [-0.3, -0.25) is 4.79 Å². The normalized spacial score (nSPS) is 10.3. The lowest BCUT2D eigenvalue weighted by Crippen LogP contribution is -2.37. The molecular weight excluding hydrogens is 272 g/mol. The Balaban J connectivity index is 2.97. The van der Waals surface area contributed by atoms with Crippen LogP contribution in [-0.2, 0) is 4.79 Å². The monoisotopic (exact) mass is 286 g/mol. The van der Waals surface area contributed by atoms with E-state index in [2.05, 4.69) is 20.9 Å². The summed E-state index contributed by atoms with van der Waals surface area (Å²) in [6.45, 7) is 3.93. The molecule has 0 bridgehead atoms. The molecule has 0 spiro atoms. The Labute approximate surface area is 104 Å². The highest BCUT2D eigenvalue weighted by atomic mass is 79.9. The number of hydrogen-bond acceptors (Lipinski definition) is 3. The second kappa shape index (κ2) is 5.84. The number of rotatable bonds is 4. The van der Waals surface area contributed by atoms with E-state index in [9.17, 15) is 4.79 Å². The molecule has 0 radical (unpaired) electrons. The fourth-order valence-electron chi connectivity index (χ4n) is 1.43. The van der Waals surface area contributed by atoms with Crippen LogP contribution in [0.15, 0.2) is 18.3 Å². The highest BCUT2D eigenvalue weighted by Crippen LogP contribution is 2.19. The highest BCUT2D eigenvalue weighted by Gasteiger charge is 2.17. The molecule has 1 aromatic heterocycles. The first-order chi connectivity index (χ1) is 7.60. The van der Waals surface area contributed by atoms with Crippen molar-refractivity contribution in [1.29, 1.82) is 0 Å². The van der Waals surface area contributed by atoms with Gasteiger partial charge in [0, 0.05) is 12.1 Å². The van der Waals surface area contributed by atoms with Crippen LogP contribution in [-0.4, -0.2) is 29.4 Å². The molecule has 5 heteroatoms. The summed E-state index contributed by atoms with van der Waals surface area (Å²) in [4.78, 5) is 17.5. The summed E-state index contributed by atoms with van der Waals surface area (Å²) in [5, 5.41) is 0.303. The molecule has 0 aliphatic rings. The summed E-state index contributed by atoms with van der Waals surface area (Å²) in [5.74, 6) is 0.556. The Hall–Kier alpha value is -1.10. The zero-order valence-electron chi connectivity index (χ0n) is 9.61. The number of halogens is 1. The largest absolute Gasteiger partial charge is 0.481 e. The van der Waals surface area contributed by atoms with Gasteiger partial charge in [-0.15, -0.1) is 0 Å². The Morgan fingerprint density at radius 1 is 1.56 bits per heavy atom. The summed E-state index contributed by atoms with van der Waals surface area (Å²) < 4.78 is 4.97. The predicted octanol–water partition coefficient (Wildman–Crippen LogP) is 2.23. The number of pyridine rings is 1. The van der Waals surface area contributed by atoms with E-state index in [1.54, 1.807) is 24.3 Å². The molecule has 0 atom stereocenters. The van der Waals surface area contributed by atoms with Crippen LogP contribution in [0.1, 0.15) is 13.8 Å². The first-order valence-corrected chi connectivity index (χ1v) is 6.10. The summed E-state index contributed by atoms with van der Waals surface area (Å²) in [7, 11) is 1.56. The van der Waals surface area contributed by atoms with Crippen LogP contribution >= 0.6 is 15.9 Å². The molecule has 1 rings (SSSR count). The van der Waals surface area contributed by atoms with Gasteiger partial charge in [-0.2, -0.15) is 0 Å². The van der Waals surface area contributed by atoms with Crippen molar-refractivity contribution in [2.75, 3.05) is 17.3 Å². The van der Waals surface area contributed by atoms with Gasteiger partial charge in [-0.1, -0.05) is 15.9 Å². The van der Waals surface area contributed by atoms with Crippen LogP contribution in [0.4, 0.5) is 5.69 Å². The van der Waals surface area contributed by atoms with Crippen molar-refractivity contribution in [2.45, 2.75) is 19.9 Å². The zero-order valence-corrected chi connectivity index (χ0v) is 11.2. The smallest absolute Gasteiger partial charge is 0.237 e. The maximum atomic E-state index is 11.7. The number of hydrogen-bond donors (Lipinski definition) is 0. The Kier molecular flexibility index (Phi) is 4.73. The van der Waals surface area contributed by atoms with Crippen LogP contribution in [0.3, 0.4) is 0 Å². The van der Waals surface area contributed by atoms with Crippen molar-refractivity contribution in [3.05, 3.63) is 18.3 Å². The van der Waals surface area contributed by atoms with E-state index in [0.717, 1.165) is 5.69 Å². The van der Waals surface area contributed by atoms with Gasteiger partial charge in [0.25, 0.3) is 0 Å². The number of amides is 1. The van der Waals surface area contributed by atoms with Gasteiger partial charge in [-0.25, -0.2) is 4.98 Å². The standard InChI is InChI=1S/C11H15BrN2O2/c1-8(2)14(11(15)6-12)9-4-5-10(16-3)13-7-9/h4-5,7-8H,6H2,1-3H3. The van der Waals surface area contributed by atoms with Crippen molar-refractivity contribution < 1.29 is 9.53 Å². The minimum Gasteiger partial charge on any atom is -0.481 e. The average molecular weight is 287 g/mol. The number of aromatic nitrogens is 1. The van der Waals surface area contributed by atoms with Crippen LogP contribution < -0.4 is 9.64 Å². The van der Waals surface area contributed by atoms with Gasteiger partial charge < -0.3 is 9.64 Å². The fraction of sp³-hybridized carbons (Fsp3) is 0.455. The Bertz CT molecular complexity index is 352. The number of carbonyl (C=O) groups is 1. The van der Waals surface area contributed by atoms with Gasteiger partial charge in [-0.05, 0) is 19.9 Å². The second-order valence-electron chi connectivity index (χ2n) is 3.55. The molecule has 1 amide bonds. The molecule has 0 N–H and O–H groups in total. The van der Waals surface area contributed by atoms with Gasteiger partial charge >= 0.3 is 0 Å². The van der Waals surface area contributed by atoms with Gasteiger partial charge in [0.15, 0.2) is 0 Å². The minimum atomic E-state index is 0.0157. The van der Waals surface area contributed by atoms with E-state index in [0.29, 0.717) is 11.2 Å². The Morgan fingerprint density at radius 3 is 2.62 bits per heavy atom. The maximum absolute atomic E-state index is 11.7. The van der Waals surface area contributed by atoms with Gasteiger partial charge in [0.2, 0.25) is 11.8 Å². The number of carbonyl (C=O) groups excluding carboxylic acids is 1. The molecule has 1 aromatic rings. The van der Waals surface area contributed by atoms with Crippen molar-refractivity contribution >= 4 is 27.5 Å². The van der Waals surface area contributed by atoms with Crippen LogP contribution in [0, 0.1) is 0 Å². The van der Waals surface area contributed by atoms with E-state index in [4.69, 9.17) is 4.74 Å². The van der Waals surface area contributed by atoms with Crippen LogP contribution in [0.5, 0.6) is 5.88 Å². The molecule has 88 valence electrons. The van der Waals surface area contributed by atoms with E-state index in [-0.39, 0.29) is 11.9 Å². The molecule has 0 unspecified atom stereocenters. The molecule has 0 aliphatic heterocycles. The number of ether oxygens (including phenoxy) is 1. The van der Waals surface area contributed by atoms with Crippen molar-refractivity contribution in [1.82, 2.24) is 4.98 Å². The van der Waals surface area contributed by atoms with Crippen molar-refractivity contribution in [2.24, 2.45) is 0 Å². The van der Waals surface area contributed by atoms with Crippen LogP contribution in [0.2, 0.25) is 0 Å². The summed E-state index contributed by atoms with van der Waals surface area (Å²) in [6.07, 6.45) is 1.64. The lowest BCUT2D eigenvalue weighted by atomic mass is 10.2. The summed E-state index contributed by atoms with van der Waals surface area (Å²) >= 11 is 3.17. The third kappa shape index (κ3) is 2.95. The molecule has 0 fully saturated rings. The van der Waals surface area contributed by atoms with Gasteiger partial charge in [0.05, 0.1) is 24.3 Å². The molecule has 0 aromatic carbocycles. The number of anilines is 1. The lowest BCUT2D eigenvalue weighted by Gasteiger charge is -2.25. The first kappa shape index (κ1) is 13.0. The number of alkyl halides is 1. The molecule has 0 aliphatic carbocycles. The first-order valence-electron chi connectivity index (χ1n) is 4.98. The molecule has 0 saturated carbocycles. The topological polar surface area (TPSA) is 42.4 Å². The SMILES string of the molecule is COc1ccc(N(C(=O)CBr)C(C)C)cn1. The highest BCUT2D eigenvalue weighted by molar-refractivity contribution is 9.09. The quantitative estimate of drug-likeness (QED) is 0.797. The van der Waals surface area contributed by atoms with Crippen molar-refractivity contribution in [3.8, 4) is 5.88 Å². The Morgan fingerprint density at radius 2 is 2.25 bits per heavy atom. The van der Waals surface area contributed by atoms with E-state index in [1.807, 2.05) is 19.9 Å². The minimum absolute atomic E-state index is 0.0157. The van der Waals surface area contributed by atoms with Crippen molar-refractivity contribution in [3.63, 3.8) is 0 Å². The molecule has 0 saturated heterocycles. The van der Waals surface area contributed by atoms with Gasteiger partial charge in [0.1, 0.15) is 0 Å². The summed E-state index contributed by atoms with van der Waals surface area (Å²) in [5.41, 5.74) is 0.778. The van der Waals surface area contributed by atoms with E-state index in [1.165, 1.54) is 0 Å². The predicted molar refractivity (Wildman–Crippen MR) is 67.2 cm³/mol. The summed E-state index contributed by atoms with van der Waals surface area (Å²) in [6, 6.07) is 3.67. The lowest BCUT2D eigenvalue weighted by molar-refractivity contribution is -0.116.